The van der Waals surface area contributed by atoms with Crippen molar-refractivity contribution in [1.29, 1.82) is 0 Å². The van der Waals surface area contributed by atoms with Crippen LogP contribution in [0.3, 0.4) is 0 Å². The number of nitrogens with two attached hydrogens (primary N) is 1. The Labute approximate surface area is 123 Å². The SMILES string of the molecule is CC(C)(N)CC(=O)Nc1ccc(NS(C)(=O)=O)c(Cl)c1. The smallest absolute Gasteiger partial charge is 0.229 e. The molecule has 0 spiro atoms. The molecular weight excluding hydrogens is 302 g/mol. The molecule has 6 nitrogen and oxygen atoms in total. The van der Waals surface area contributed by atoms with Crippen LogP contribution in [0, 0.1) is 0 Å². The van der Waals surface area contributed by atoms with Gasteiger partial charge in [-0.3, -0.25) is 9.52 Å². The first-order chi connectivity index (χ1) is 8.96. The first kappa shape index (κ1) is 16.7. The number of sulfonamides is 1. The molecule has 112 valence electrons. The molecule has 1 aromatic rings. The Kier molecular flexibility index (Phi) is 5.01. The minimum Gasteiger partial charge on any atom is -0.326 e. The van der Waals surface area contributed by atoms with Crippen LogP contribution < -0.4 is 15.8 Å². The molecule has 1 aromatic carbocycles. The molecule has 0 aliphatic heterocycles. The lowest BCUT2D eigenvalue weighted by molar-refractivity contribution is -0.117. The maximum absolute atomic E-state index is 11.7. The molecule has 0 aromatic heterocycles. The van der Waals surface area contributed by atoms with E-state index in [9.17, 15) is 13.2 Å². The van der Waals surface area contributed by atoms with Crippen LogP contribution in [0.15, 0.2) is 18.2 Å². The Morgan fingerprint density at radius 1 is 1.40 bits per heavy atom. The first-order valence-corrected chi connectivity index (χ1v) is 8.09. The summed E-state index contributed by atoms with van der Waals surface area (Å²) in [6, 6.07) is 4.50. The van der Waals surface area contributed by atoms with Crippen LogP contribution in [-0.4, -0.2) is 26.1 Å². The molecule has 0 unspecified atom stereocenters. The number of benzene rings is 1. The van der Waals surface area contributed by atoms with Crippen molar-refractivity contribution in [3.63, 3.8) is 0 Å². The molecule has 0 fully saturated rings. The van der Waals surface area contributed by atoms with Crippen LogP contribution in [0.25, 0.3) is 0 Å². The van der Waals surface area contributed by atoms with E-state index in [0.717, 1.165) is 6.26 Å². The van der Waals surface area contributed by atoms with Gasteiger partial charge < -0.3 is 11.1 Å². The maximum Gasteiger partial charge on any atom is 0.229 e. The summed E-state index contributed by atoms with van der Waals surface area (Å²) in [5, 5.41) is 2.84. The first-order valence-electron chi connectivity index (χ1n) is 5.82. The maximum atomic E-state index is 11.7. The van der Waals surface area contributed by atoms with Crippen molar-refractivity contribution in [3.05, 3.63) is 23.2 Å². The average molecular weight is 320 g/mol. The Morgan fingerprint density at radius 3 is 2.45 bits per heavy atom. The number of hydrogen-bond donors (Lipinski definition) is 3. The zero-order valence-corrected chi connectivity index (χ0v) is 13.1. The van der Waals surface area contributed by atoms with Gasteiger partial charge in [-0.2, -0.15) is 0 Å². The number of anilines is 2. The summed E-state index contributed by atoms with van der Waals surface area (Å²) >= 11 is 5.95. The fraction of sp³-hybridized carbons (Fsp3) is 0.417. The minimum atomic E-state index is -3.40. The van der Waals surface area contributed by atoms with Gasteiger partial charge in [-0.25, -0.2) is 8.42 Å². The second kappa shape index (κ2) is 5.99. The van der Waals surface area contributed by atoms with E-state index >= 15 is 0 Å². The van der Waals surface area contributed by atoms with Crippen molar-refractivity contribution in [2.24, 2.45) is 5.73 Å². The Balaban J connectivity index is 2.80. The highest BCUT2D eigenvalue weighted by molar-refractivity contribution is 7.92. The summed E-state index contributed by atoms with van der Waals surface area (Å²) in [5.74, 6) is -0.239. The highest BCUT2D eigenvalue weighted by Gasteiger charge is 2.16. The van der Waals surface area contributed by atoms with Crippen LogP contribution in [0.5, 0.6) is 0 Å². The molecule has 0 aliphatic rings. The molecule has 0 atom stereocenters. The van der Waals surface area contributed by atoms with Crippen LogP contribution in [-0.2, 0) is 14.8 Å². The predicted octanol–water partition coefficient (Wildman–Crippen LogP) is 1.78. The zero-order chi connectivity index (χ0) is 15.6. The van der Waals surface area contributed by atoms with Crippen LogP contribution in [0.2, 0.25) is 5.02 Å². The summed E-state index contributed by atoms with van der Waals surface area (Å²) in [7, 11) is -3.40. The van der Waals surface area contributed by atoms with E-state index in [1.54, 1.807) is 19.9 Å². The van der Waals surface area contributed by atoms with Crippen molar-refractivity contribution in [2.75, 3.05) is 16.3 Å². The Morgan fingerprint density at radius 2 is 2.00 bits per heavy atom. The van der Waals surface area contributed by atoms with Gasteiger partial charge in [0.25, 0.3) is 0 Å². The molecule has 4 N–H and O–H groups in total. The van der Waals surface area contributed by atoms with E-state index in [4.69, 9.17) is 17.3 Å². The Hall–Kier alpha value is -1.31. The summed E-state index contributed by atoms with van der Waals surface area (Å²) in [5.41, 5.74) is 5.88. The average Bonchev–Trinajstić information content (AvgIpc) is 2.17. The lowest BCUT2D eigenvalue weighted by atomic mass is 10.0. The van der Waals surface area contributed by atoms with E-state index in [-0.39, 0.29) is 23.0 Å². The van der Waals surface area contributed by atoms with Crippen molar-refractivity contribution in [3.8, 4) is 0 Å². The summed E-state index contributed by atoms with van der Waals surface area (Å²) in [4.78, 5) is 11.7. The van der Waals surface area contributed by atoms with Gasteiger partial charge in [0.05, 0.1) is 17.0 Å². The molecule has 0 heterocycles. The van der Waals surface area contributed by atoms with Crippen molar-refractivity contribution < 1.29 is 13.2 Å². The van der Waals surface area contributed by atoms with Gasteiger partial charge in [0.1, 0.15) is 0 Å². The molecule has 0 saturated heterocycles. The Bertz CT molecular complexity index is 609. The third-order valence-electron chi connectivity index (χ3n) is 2.16. The van der Waals surface area contributed by atoms with E-state index in [1.807, 2.05) is 0 Å². The van der Waals surface area contributed by atoms with Crippen LogP contribution in [0.4, 0.5) is 11.4 Å². The largest absolute Gasteiger partial charge is 0.326 e. The minimum absolute atomic E-state index is 0.161. The standard InChI is InChI=1S/C12H18ClN3O3S/c1-12(2,14)7-11(17)15-8-4-5-10(9(13)6-8)16-20(3,18)19/h4-6,16H,7,14H2,1-3H3,(H,15,17). The van der Waals surface area contributed by atoms with Crippen molar-refractivity contribution >= 4 is 38.9 Å². The topological polar surface area (TPSA) is 101 Å². The summed E-state index contributed by atoms with van der Waals surface area (Å²) < 4.78 is 24.5. The number of carbonyl (C=O) groups is 1. The molecule has 0 radical (unpaired) electrons. The molecule has 20 heavy (non-hydrogen) atoms. The third kappa shape index (κ3) is 6.23. The van der Waals surface area contributed by atoms with Gasteiger partial charge in [-0.15, -0.1) is 0 Å². The van der Waals surface area contributed by atoms with Gasteiger partial charge in [-0.1, -0.05) is 11.6 Å². The van der Waals surface area contributed by atoms with E-state index in [2.05, 4.69) is 10.0 Å². The third-order valence-corrected chi connectivity index (χ3v) is 3.07. The van der Waals surface area contributed by atoms with E-state index in [0.29, 0.717) is 5.69 Å². The predicted molar refractivity (Wildman–Crippen MR) is 81.4 cm³/mol. The number of amides is 1. The van der Waals surface area contributed by atoms with Gasteiger partial charge >= 0.3 is 0 Å². The normalized spacial score (nSPS) is 12.1. The van der Waals surface area contributed by atoms with Crippen LogP contribution in [0.1, 0.15) is 20.3 Å². The monoisotopic (exact) mass is 319 g/mol. The number of hydrogen-bond acceptors (Lipinski definition) is 4. The lowest BCUT2D eigenvalue weighted by Gasteiger charge is -2.17. The van der Waals surface area contributed by atoms with Gasteiger partial charge in [0.15, 0.2) is 0 Å². The van der Waals surface area contributed by atoms with E-state index < -0.39 is 15.6 Å². The molecule has 8 heteroatoms. The van der Waals surface area contributed by atoms with Gasteiger partial charge in [-0.05, 0) is 32.0 Å². The molecule has 1 rings (SSSR count). The quantitative estimate of drug-likeness (QED) is 0.770. The molecule has 0 aliphatic carbocycles. The number of carbonyl (C=O) groups excluding carboxylic acids is 1. The van der Waals surface area contributed by atoms with E-state index in [1.165, 1.54) is 12.1 Å². The van der Waals surface area contributed by atoms with Crippen molar-refractivity contribution in [1.82, 2.24) is 0 Å². The number of nitrogens with one attached hydrogen (secondary N) is 2. The van der Waals surface area contributed by atoms with Crippen molar-refractivity contribution in [2.45, 2.75) is 25.8 Å². The molecule has 0 bridgehead atoms. The second-order valence-electron chi connectivity index (χ2n) is 5.28. The molecular formula is C12H18ClN3O3S. The highest BCUT2D eigenvalue weighted by atomic mass is 35.5. The fourth-order valence-corrected chi connectivity index (χ4v) is 2.36. The number of rotatable bonds is 5. The highest BCUT2D eigenvalue weighted by Crippen LogP contribution is 2.26. The zero-order valence-electron chi connectivity index (χ0n) is 11.5. The second-order valence-corrected chi connectivity index (χ2v) is 7.44. The lowest BCUT2D eigenvalue weighted by Crippen LogP contribution is -2.36. The summed E-state index contributed by atoms with van der Waals surface area (Å²) in [6.07, 6.45) is 1.19. The molecule has 0 saturated carbocycles. The molecule has 1 amide bonds. The van der Waals surface area contributed by atoms with Gasteiger partial charge in [0, 0.05) is 17.6 Å². The van der Waals surface area contributed by atoms with Crippen LogP contribution >= 0.6 is 11.6 Å². The van der Waals surface area contributed by atoms with Gasteiger partial charge in [0.2, 0.25) is 15.9 Å². The fourth-order valence-electron chi connectivity index (χ4n) is 1.49. The number of halogens is 1. The summed E-state index contributed by atoms with van der Waals surface area (Å²) in [6.45, 7) is 3.50.